The van der Waals surface area contributed by atoms with Gasteiger partial charge in [0.05, 0.1) is 10.6 Å². The van der Waals surface area contributed by atoms with Gasteiger partial charge in [-0.15, -0.1) is 0 Å². The zero-order chi connectivity index (χ0) is 19.3. The topological polar surface area (TPSA) is 83.1 Å². The Kier molecular flexibility index (Phi) is 6.04. The van der Waals surface area contributed by atoms with Crippen LogP contribution in [0, 0.1) is 0 Å². The lowest BCUT2D eigenvalue weighted by molar-refractivity contribution is -0.137. The molecule has 2 amide bonds. The van der Waals surface area contributed by atoms with E-state index in [1.807, 2.05) is 0 Å². The van der Waals surface area contributed by atoms with Gasteiger partial charge in [-0.3, -0.25) is 20.4 Å². The van der Waals surface area contributed by atoms with Crippen molar-refractivity contribution >= 4 is 29.2 Å². The van der Waals surface area contributed by atoms with Gasteiger partial charge in [-0.2, -0.15) is 13.2 Å². The van der Waals surface area contributed by atoms with Crippen LogP contribution in [0.3, 0.4) is 0 Å². The predicted molar refractivity (Wildman–Crippen MR) is 89.4 cm³/mol. The van der Waals surface area contributed by atoms with Gasteiger partial charge in [-0.1, -0.05) is 29.8 Å². The largest absolute Gasteiger partial charge is 0.417 e. The number of pyridine rings is 1. The van der Waals surface area contributed by atoms with Crippen molar-refractivity contribution in [2.24, 2.45) is 0 Å². The molecule has 3 N–H and O–H groups in total. The number of benzene rings is 1. The van der Waals surface area contributed by atoms with E-state index < -0.39 is 29.6 Å². The summed E-state index contributed by atoms with van der Waals surface area (Å²) in [6, 6.07) is 7.98. The number of carbonyl (C=O) groups excluding carboxylic acids is 2. The number of amides is 2. The highest BCUT2D eigenvalue weighted by atomic mass is 35.5. The third-order valence-electron chi connectivity index (χ3n) is 3.25. The summed E-state index contributed by atoms with van der Waals surface area (Å²) < 4.78 is 37.7. The van der Waals surface area contributed by atoms with Crippen molar-refractivity contribution in [2.75, 3.05) is 5.32 Å². The highest BCUT2D eigenvalue weighted by Gasteiger charge is 2.31. The molecule has 1 heterocycles. The molecule has 0 saturated carbocycles. The molecule has 1 aromatic heterocycles. The quantitative estimate of drug-likeness (QED) is 0.705. The molecule has 0 aliphatic carbocycles. The Hall–Kier alpha value is -2.81. The number of nitrogens with zero attached hydrogens (tertiary/aromatic N) is 1. The summed E-state index contributed by atoms with van der Waals surface area (Å²) in [6.45, 7) is 1.43. The van der Waals surface area contributed by atoms with Crippen molar-refractivity contribution in [1.82, 2.24) is 15.8 Å². The van der Waals surface area contributed by atoms with Gasteiger partial charge >= 0.3 is 6.18 Å². The SMILES string of the molecule is C[C@@H](Nc1ncc(C(F)(F)F)cc1Cl)C(=O)NNC(=O)c1ccccc1. The van der Waals surface area contributed by atoms with Crippen LogP contribution in [0.25, 0.3) is 0 Å². The summed E-state index contributed by atoms with van der Waals surface area (Å²) in [7, 11) is 0. The summed E-state index contributed by atoms with van der Waals surface area (Å²) in [6.07, 6.45) is -3.96. The van der Waals surface area contributed by atoms with Crippen LogP contribution < -0.4 is 16.2 Å². The Morgan fingerprint density at radius 2 is 1.81 bits per heavy atom. The molecule has 2 aromatic rings. The Labute approximate surface area is 151 Å². The standard InChI is InChI=1S/C16H14ClF3N4O2/c1-9(14(25)23-24-15(26)10-5-3-2-4-6-10)22-13-12(17)7-11(8-21-13)16(18,19)20/h2-9H,1H3,(H,21,22)(H,23,25)(H,24,26)/t9-/m1/s1. The van der Waals surface area contributed by atoms with E-state index in [1.54, 1.807) is 30.3 Å². The van der Waals surface area contributed by atoms with Crippen LogP contribution in [0.5, 0.6) is 0 Å². The molecular formula is C16H14ClF3N4O2. The van der Waals surface area contributed by atoms with Crippen molar-refractivity contribution < 1.29 is 22.8 Å². The molecule has 138 valence electrons. The number of hydrogen-bond donors (Lipinski definition) is 3. The van der Waals surface area contributed by atoms with Gasteiger partial charge in [-0.25, -0.2) is 4.98 Å². The molecule has 10 heteroatoms. The first-order chi connectivity index (χ1) is 12.2. The van der Waals surface area contributed by atoms with Crippen molar-refractivity contribution in [3.63, 3.8) is 0 Å². The van der Waals surface area contributed by atoms with E-state index >= 15 is 0 Å². The number of alkyl halides is 3. The second kappa shape index (κ2) is 8.05. The lowest BCUT2D eigenvalue weighted by Crippen LogP contribution is -2.47. The molecule has 0 spiro atoms. The average Bonchev–Trinajstić information content (AvgIpc) is 2.60. The van der Waals surface area contributed by atoms with Gasteiger partial charge in [0.1, 0.15) is 11.9 Å². The fourth-order valence-electron chi connectivity index (χ4n) is 1.86. The van der Waals surface area contributed by atoms with Crippen molar-refractivity contribution in [3.8, 4) is 0 Å². The van der Waals surface area contributed by atoms with E-state index in [1.165, 1.54) is 6.92 Å². The molecule has 0 bridgehead atoms. The third-order valence-corrected chi connectivity index (χ3v) is 3.54. The number of carbonyl (C=O) groups is 2. The van der Waals surface area contributed by atoms with Crippen LogP contribution in [0.2, 0.25) is 5.02 Å². The first-order valence-corrected chi connectivity index (χ1v) is 7.71. The number of nitrogens with one attached hydrogen (secondary N) is 3. The van der Waals surface area contributed by atoms with E-state index in [4.69, 9.17) is 11.6 Å². The summed E-state index contributed by atoms with van der Waals surface area (Å²) in [5, 5.41) is 2.29. The zero-order valence-corrected chi connectivity index (χ0v) is 14.2. The predicted octanol–water partition coefficient (Wildman–Crippen LogP) is 3.02. The number of hydrazine groups is 1. The second-order valence-electron chi connectivity index (χ2n) is 5.23. The maximum absolute atomic E-state index is 12.6. The normalized spacial score (nSPS) is 12.2. The van der Waals surface area contributed by atoms with Crippen LogP contribution in [0.4, 0.5) is 19.0 Å². The Morgan fingerprint density at radius 3 is 2.38 bits per heavy atom. The maximum atomic E-state index is 12.6. The first kappa shape index (κ1) is 19.5. The summed E-state index contributed by atoms with van der Waals surface area (Å²) in [4.78, 5) is 27.4. The van der Waals surface area contributed by atoms with Gasteiger partial charge < -0.3 is 5.32 Å². The Bertz CT molecular complexity index is 800. The molecule has 0 saturated heterocycles. The first-order valence-electron chi connectivity index (χ1n) is 7.33. The third kappa shape index (κ3) is 5.09. The molecule has 0 radical (unpaired) electrons. The molecule has 0 unspecified atom stereocenters. The van der Waals surface area contributed by atoms with Gasteiger partial charge in [-0.05, 0) is 25.1 Å². The van der Waals surface area contributed by atoms with Crippen LogP contribution in [-0.2, 0) is 11.0 Å². The highest BCUT2D eigenvalue weighted by Crippen LogP contribution is 2.32. The summed E-state index contributed by atoms with van der Waals surface area (Å²) >= 11 is 5.77. The minimum absolute atomic E-state index is 0.0864. The van der Waals surface area contributed by atoms with Gasteiger partial charge in [0.2, 0.25) is 0 Å². The number of rotatable bonds is 4. The molecule has 1 atom stereocenters. The number of aromatic nitrogens is 1. The molecule has 0 aliphatic heterocycles. The molecule has 26 heavy (non-hydrogen) atoms. The van der Waals surface area contributed by atoms with Gasteiger partial charge in [0, 0.05) is 11.8 Å². The van der Waals surface area contributed by atoms with Gasteiger partial charge in [0.25, 0.3) is 11.8 Å². The fraction of sp³-hybridized carbons (Fsp3) is 0.188. The molecule has 2 rings (SSSR count). The van der Waals surface area contributed by atoms with E-state index in [-0.39, 0.29) is 10.8 Å². The lowest BCUT2D eigenvalue weighted by atomic mass is 10.2. The van der Waals surface area contributed by atoms with Crippen LogP contribution in [0.15, 0.2) is 42.6 Å². The van der Waals surface area contributed by atoms with Crippen LogP contribution >= 0.6 is 11.6 Å². The second-order valence-corrected chi connectivity index (χ2v) is 5.63. The van der Waals surface area contributed by atoms with Crippen molar-refractivity contribution in [3.05, 3.63) is 58.7 Å². The van der Waals surface area contributed by atoms with E-state index in [9.17, 15) is 22.8 Å². The molecule has 6 nitrogen and oxygen atoms in total. The van der Waals surface area contributed by atoms with Crippen LogP contribution in [0.1, 0.15) is 22.8 Å². The monoisotopic (exact) mass is 386 g/mol. The maximum Gasteiger partial charge on any atom is 0.417 e. The number of anilines is 1. The molecule has 1 aromatic carbocycles. The minimum Gasteiger partial charge on any atom is -0.357 e. The molecule has 0 fully saturated rings. The lowest BCUT2D eigenvalue weighted by Gasteiger charge is -2.16. The van der Waals surface area contributed by atoms with E-state index in [0.29, 0.717) is 17.8 Å². The highest BCUT2D eigenvalue weighted by molar-refractivity contribution is 6.33. The summed E-state index contributed by atoms with van der Waals surface area (Å²) in [5.74, 6) is -1.24. The Balaban J connectivity index is 1.94. The van der Waals surface area contributed by atoms with E-state index in [0.717, 1.165) is 0 Å². The average molecular weight is 387 g/mol. The number of halogens is 4. The molecule has 0 aliphatic rings. The van der Waals surface area contributed by atoms with Crippen LogP contribution in [-0.4, -0.2) is 22.8 Å². The molecular weight excluding hydrogens is 373 g/mol. The van der Waals surface area contributed by atoms with Gasteiger partial charge in [0.15, 0.2) is 0 Å². The van der Waals surface area contributed by atoms with Crippen molar-refractivity contribution in [2.45, 2.75) is 19.1 Å². The smallest absolute Gasteiger partial charge is 0.357 e. The zero-order valence-electron chi connectivity index (χ0n) is 13.4. The fourth-order valence-corrected chi connectivity index (χ4v) is 2.08. The van der Waals surface area contributed by atoms with Crippen molar-refractivity contribution in [1.29, 1.82) is 0 Å². The minimum atomic E-state index is -4.57. The summed E-state index contributed by atoms with van der Waals surface area (Å²) in [5.41, 5.74) is 3.78. The number of hydrogen-bond acceptors (Lipinski definition) is 4. The van der Waals surface area contributed by atoms with E-state index in [2.05, 4.69) is 21.2 Å². The Morgan fingerprint density at radius 1 is 1.15 bits per heavy atom.